The molecule has 0 atom stereocenters. The Bertz CT molecular complexity index is 1270. The van der Waals surface area contributed by atoms with Crippen molar-refractivity contribution in [3.05, 3.63) is 79.2 Å². The van der Waals surface area contributed by atoms with E-state index in [0.29, 0.717) is 15.1 Å². The fraction of sp³-hybridized carbons (Fsp3) is 0.0500. The molecule has 0 aliphatic heterocycles. The molecule has 0 radical (unpaired) electrons. The van der Waals surface area contributed by atoms with Gasteiger partial charge in [0.25, 0.3) is 15.9 Å². The maximum atomic E-state index is 13.6. The second-order valence-electron chi connectivity index (χ2n) is 6.21. The first-order valence-electron chi connectivity index (χ1n) is 8.54. The van der Waals surface area contributed by atoms with Crippen molar-refractivity contribution >= 4 is 79.6 Å². The number of phenolic OH excluding ortho intramolecular Hbond substituents is 1. The quantitative estimate of drug-likeness (QED) is 0.354. The van der Waals surface area contributed by atoms with Crippen molar-refractivity contribution in [2.24, 2.45) is 0 Å². The van der Waals surface area contributed by atoms with Crippen LogP contribution < -0.4 is 9.04 Å². The molecule has 1 amide bonds. The van der Waals surface area contributed by atoms with Gasteiger partial charge in [-0.15, -0.1) is 0 Å². The normalized spacial score (nSPS) is 11.3. The van der Waals surface area contributed by atoms with Crippen molar-refractivity contribution in [3.8, 4) is 11.5 Å². The third-order valence-electron chi connectivity index (χ3n) is 4.29. The van der Waals surface area contributed by atoms with E-state index < -0.39 is 47.5 Å². The first kappa shape index (κ1) is 24.8. The Kier molecular flexibility index (Phi) is 7.39. The molecule has 0 aliphatic rings. The lowest BCUT2D eigenvalue weighted by Gasteiger charge is -2.26. The number of phenols is 1. The van der Waals surface area contributed by atoms with E-state index in [1.165, 1.54) is 55.6 Å². The highest BCUT2D eigenvalue weighted by molar-refractivity contribution is 7.93. The van der Waals surface area contributed by atoms with Crippen LogP contribution in [0.15, 0.2) is 53.4 Å². The summed E-state index contributed by atoms with van der Waals surface area (Å²) in [6.45, 7) is 0. The molecule has 0 saturated heterocycles. The molecular weight excluding hydrogens is 544 g/mol. The first-order chi connectivity index (χ1) is 15.0. The van der Waals surface area contributed by atoms with E-state index >= 15 is 0 Å². The van der Waals surface area contributed by atoms with Gasteiger partial charge in [-0.1, -0.05) is 58.0 Å². The molecule has 0 fully saturated rings. The van der Waals surface area contributed by atoms with Gasteiger partial charge in [0.15, 0.2) is 5.75 Å². The number of hydrogen-bond acceptors (Lipinski definition) is 5. The summed E-state index contributed by atoms with van der Waals surface area (Å²) < 4.78 is 32.6. The molecule has 3 aromatic rings. The molecular formula is C20H12Cl5NO5S. The lowest BCUT2D eigenvalue weighted by atomic mass is 10.2. The van der Waals surface area contributed by atoms with Gasteiger partial charge in [0.05, 0.1) is 22.1 Å². The lowest BCUT2D eigenvalue weighted by molar-refractivity contribution is 0.101. The molecule has 0 spiro atoms. The summed E-state index contributed by atoms with van der Waals surface area (Å²) >= 11 is 30.4. The number of ether oxygens (including phenoxy) is 1. The molecule has 3 rings (SSSR count). The molecule has 0 aromatic heterocycles. The van der Waals surface area contributed by atoms with Crippen molar-refractivity contribution < 1.29 is 23.1 Å². The SMILES string of the molecule is COc1ccc(S(=O)(=O)N(C(=O)c2ccc(Cl)cc2)c2c(Cl)c(Cl)c(O)c(Cl)c2Cl)cc1. The second kappa shape index (κ2) is 9.55. The first-order valence-corrected chi connectivity index (χ1v) is 11.9. The molecule has 168 valence electrons. The van der Waals surface area contributed by atoms with Crippen molar-refractivity contribution in [1.29, 1.82) is 0 Å². The zero-order valence-corrected chi connectivity index (χ0v) is 20.5. The van der Waals surface area contributed by atoms with E-state index in [9.17, 15) is 18.3 Å². The zero-order valence-electron chi connectivity index (χ0n) is 15.9. The smallest absolute Gasteiger partial charge is 0.272 e. The molecule has 1 N–H and O–H groups in total. The van der Waals surface area contributed by atoms with E-state index in [1.54, 1.807) is 0 Å². The molecule has 0 unspecified atom stereocenters. The summed E-state index contributed by atoms with van der Waals surface area (Å²) in [6, 6.07) is 10.7. The van der Waals surface area contributed by atoms with Gasteiger partial charge >= 0.3 is 0 Å². The molecule has 32 heavy (non-hydrogen) atoms. The minimum absolute atomic E-state index is 0.0426. The van der Waals surface area contributed by atoms with E-state index in [2.05, 4.69) is 0 Å². The Morgan fingerprint density at radius 3 is 1.81 bits per heavy atom. The van der Waals surface area contributed by atoms with Crippen LogP contribution >= 0.6 is 58.0 Å². The molecule has 3 aromatic carbocycles. The topological polar surface area (TPSA) is 83.9 Å². The van der Waals surface area contributed by atoms with Crippen LogP contribution in [0.3, 0.4) is 0 Å². The fourth-order valence-corrected chi connectivity index (χ4v) is 5.35. The van der Waals surface area contributed by atoms with E-state index in [4.69, 9.17) is 62.7 Å². The molecule has 0 aliphatic carbocycles. The number of nitrogens with zero attached hydrogens (tertiary/aromatic N) is 1. The lowest BCUT2D eigenvalue weighted by Crippen LogP contribution is -2.37. The van der Waals surface area contributed by atoms with Gasteiger partial charge < -0.3 is 9.84 Å². The van der Waals surface area contributed by atoms with Crippen LogP contribution in [0.2, 0.25) is 25.1 Å². The van der Waals surface area contributed by atoms with Crippen molar-refractivity contribution in [1.82, 2.24) is 0 Å². The summed E-state index contributed by atoms with van der Waals surface area (Å²) in [4.78, 5) is 13.2. The molecule has 0 bridgehead atoms. The molecule has 0 saturated carbocycles. The highest BCUT2D eigenvalue weighted by Gasteiger charge is 2.37. The van der Waals surface area contributed by atoms with Crippen LogP contribution in [0.4, 0.5) is 5.69 Å². The summed E-state index contributed by atoms with van der Waals surface area (Å²) in [6.07, 6.45) is 0. The summed E-state index contributed by atoms with van der Waals surface area (Å²) in [7, 11) is -3.18. The monoisotopic (exact) mass is 553 g/mol. The maximum absolute atomic E-state index is 13.6. The van der Waals surface area contributed by atoms with Gasteiger partial charge in [-0.25, -0.2) is 8.42 Å². The number of anilines is 1. The zero-order chi connectivity index (χ0) is 23.8. The minimum atomic E-state index is -4.60. The number of methoxy groups -OCH3 is 1. The van der Waals surface area contributed by atoms with E-state index in [0.717, 1.165) is 0 Å². The Labute approximate surface area is 208 Å². The second-order valence-corrected chi connectivity index (χ2v) is 9.95. The third-order valence-corrected chi connectivity index (χ3v) is 7.91. The fourth-order valence-electron chi connectivity index (χ4n) is 2.68. The van der Waals surface area contributed by atoms with Crippen molar-refractivity contribution in [2.45, 2.75) is 4.90 Å². The van der Waals surface area contributed by atoms with Crippen LogP contribution in [0.5, 0.6) is 11.5 Å². The van der Waals surface area contributed by atoms with Crippen LogP contribution in [-0.4, -0.2) is 26.5 Å². The van der Waals surface area contributed by atoms with Crippen LogP contribution in [0.1, 0.15) is 10.4 Å². The largest absolute Gasteiger partial charge is 0.505 e. The maximum Gasteiger partial charge on any atom is 0.272 e. The van der Waals surface area contributed by atoms with Gasteiger partial charge in [-0.3, -0.25) is 4.79 Å². The number of sulfonamides is 1. The number of rotatable bonds is 5. The van der Waals surface area contributed by atoms with E-state index in [-0.39, 0.29) is 10.5 Å². The van der Waals surface area contributed by atoms with Crippen molar-refractivity contribution in [3.63, 3.8) is 0 Å². The summed E-state index contributed by atoms with van der Waals surface area (Å²) in [5.74, 6) is -1.28. The number of halogens is 5. The van der Waals surface area contributed by atoms with Gasteiger partial charge in [-0.05, 0) is 48.5 Å². The summed E-state index contributed by atoms with van der Waals surface area (Å²) in [5, 5.41) is 8.43. The van der Waals surface area contributed by atoms with Crippen LogP contribution in [0.25, 0.3) is 0 Å². The average Bonchev–Trinajstić information content (AvgIpc) is 2.79. The van der Waals surface area contributed by atoms with Gasteiger partial charge in [0, 0.05) is 10.6 Å². The standard InChI is InChI=1S/C20H12Cl5NO5S/c1-31-12-6-8-13(9-7-12)32(29,30)26(20(28)10-2-4-11(21)5-3-10)18-14(22)16(24)19(27)17(25)15(18)23/h2-9,27H,1H3. The number of hydrogen-bond donors (Lipinski definition) is 1. The minimum Gasteiger partial charge on any atom is -0.505 e. The predicted octanol–water partition coefficient (Wildman–Crippen LogP) is 6.70. The third kappa shape index (κ3) is 4.46. The molecule has 6 nitrogen and oxygen atoms in total. The Morgan fingerprint density at radius 1 is 0.844 bits per heavy atom. The van der Waals surface area contributed by atoms with Crippen LogP contribution in [-0.2, 0) is 10.0 Å². The predicted molar refractivity (Wildman–Crippen MR) is 127 cm³/mol. The summed E-state index contributed by atoms with van der Waals surface area (Å²) in [5.41, 5.74) is -0.559. The number of aromatic hydroxyl groups is 1. The number of benzene rings is 3. The van der Waals surface area contributed by atoms with Gasteiger partial charge in [0.2, 0.25) is 0 Å². The number of carbonyl (C=O) groups is 1. The molecule has 0 heterocycles. The van der Waals surface area contributed by atoms with E-state index in [1.807, 2.05) is 0 Å². The van der Waals surface area contributed by atoms with Crippen LogP contribution in [0, 0.1) is 0 Å². The van der Waals surface area contributed by atoms with Gasteiger partial charge in [0.1, 0.15) is 21.5 Å². The Balaban J connectivity index is 2.32. The Hall–Kier alpha value is -1.87. The number of carbonyl (C=O) groups excluding carboxylic acids is 1. The van der Waals surface area contributed by atoms with Gasteiger partial charge in [-0.2, -0.15) is 4.31 Å². The highest BCUT2D eigenvalue weighted by Crippen LogP contribution is 2.51. The number of amides is 1. The highest BCUT2D eigenvalue weighted by atomic mass is 35.5. The van der Waals surface area contributed by atoms with Crippen molar-refractivity contribution in [2.75, 3.05) is 11.4 Å². The average molecular weight is 556 g/mol. The Morgan fingerprint density at radius 2 is 1.34 bits per heavy atom. The molecule has 12 heteroatoms.